The van der Waals surface area contributed by atoms with Crippen LogP contribution in [0.1, 0.15) is 13.8 Å². The Bertz CT molecular complexity index is 329. The topological polar surface area (TPSA) is 88.5 Å². The van der Waals surface area contributed by atoms with Crippen molar-refractivity contribution in [2.75, 3.05) is 0 Å². The van der Waals surface area contributed by atoms with Gasteiger partial charge >= 0.3 is 57.3 Å². The SMILES string of the molecule is CC(C)(O)[CH2][Os](=[O])(=[O])(=[O])=[O]. The zero-order valence-electron chi connectivity index (χ0n) is 5.64. The minimum absolute atomic E-state index is 1.10. The first-order chi connectivity index (χ1) is 3.96. The summed E-state index contributed by atoms with van der Waals surface area (Å²) < 4.78 is 40.3. The normalized spacial score (nSPS) is 17.7. The maximum atomic E-state index is 10.1. The van der Waals surface area contributed by atoms with Crippen LogP contribution in [-0.2, 0) is 27.8 Å². The van der Waals surface area contributed by atoms with Crippen LogP contribution in [0.15, 0.2) is 0 Å². The number of rotatable bonds is 2. The van der Waals surface area contributed by atoms with Crippen molar-refractivity contribution < 1.29 is 32.9 Å². The Kier molecular flexibility index (Phi) is 1.86. The summed E-state index contributed by atoms with van der Waals surface area (Å²) >= 11 is -7.18. The third-order valence-electron chi connectivity index (χ3n) is 0.510. The molecule has 0 amide bonds. The van der Waals surface area contributed by atoms with Gasteiger partial charge in [-0.3, -0.25) is 0 Å². The fourth-order valence-corrected chi connectivity index (χ4v) is 4.09. The molecule has 0 aromatic rings. The second-order valence-electron chi connectivity index (χ2n) is 2.70. The van der Waals surface area contributed by atoms with Gasteiger partial charge in [0.2, 0.25) is 0 Å². The van der Waals surface area contributed by atoms with Gasteiger partial charge < -0.3 is 0 Å². The number of aliphatic hydroxyl groups is 1. The van der Waals surface area contributed by atoms with E-state index in [2.05, 4.69) is 0 Å². The molecule has 10 heavy (non-hydrogen) atoms. The molecule has 0 aliphatic heterocycles. The third kappa shape index (κ3) is 7.80. The first kappa shape index (κ1) is 9.80. The quantitative estimate of drug-likeness (QED) is 0.785. The Hall–Kier alpha value is -0.204. The van der Waals surface area contributed by atoms with Crippen LogP contribution in [0, 0.1) is 0 Å². The average molecular weight is 327 g/mol. The first-order valence-electron chi connectivity index (χ1n) is 2.40. The van der Waals surface area contributed by atoms with Crippen molar-refractivity contribution >= 4 is 0 Å². The van der Waals surface area contributed by atoms with Gasteiger partial charge in [-0.25, -0.2) is 0 Å². The summed E-state index contributed by atoms with van der Waals surface area (Å²) in [4.78, 5) is -1.21. The molecule has 0 bridgehead atoms. The van der Waals surface area contributed by atoms with E-state index in [0.717, 1.165) is 13.8 Å². The molecule has 1 N–H and O–H groups in total. The van der Waals surface area contributed by atoms with E-state index >= 15 is 0 Å². The molecular formula is C4H9O5Os. The van der Waals surface area contributed by atoms with Crippen molar-refractivity contribution in [3.63, 3.8) is 0 Å². The predicted molar refractivity (Wildman–Crippen MR) is 23.9 cm³/mol. The molecule has 0 saturated carbocycles. The van der Waals surface area contributed by atoms with Crippen LogP contribution in [0.4, 0.5) is 0 Å². The summed E-state index contributed by atoms with van der Waals surface area (Å²) in [6, 6.07) is 0. The summed E-state index contributed by atoms with van der Waals surface area (Å²) in [5.41, 5.74) is -1.72. The fraction of sp³-hybridized carbons (Fsp3) is 1.00. The fourth-order valence-electron chi connectivity index (χ4n) is 0.500. The molecule has 6 heteroatoms. The van der Waals surface area contributed by atoms with Crippen molar-refractivity contribution in [2.45, 2.75) is 24.4 Å². The predicted octanol–water partition coefficient (Wildman–Crippen LogP) is 0.247. The Balaban J connectivity index is 4.89. The van der Waals surface area contributed by atoms with Gasteiger partial charge in [0.15, 0.2) is 0 Å². The van der Waals surface area contributed by atoms with Crippen LogP contribution < -0.4 is 0 Å². The summed E-state index contributed by atoms with van der Waals surface area (Å²) in [5.74, 6) is 0. The molecule has 0 aliphatic rings. The van der Waals surface area contributed by atoms with Crippen LogP contribution in [-0.4, -0.2) is 10.7 Å². The Morgan fingerprint density at radius 3 is 1.50 bits per heavy atom. The van der Waals surface area contributed by atoms with E-state index in [9.17, 15) is 14.2 Å². The molecule has 0 aromatic heterocycles. The van der Waals surface area contributed by atoms with Gasteiger partial charge in [-0.2, -0.15) is 0 Å². The first-order valence-corrected chi connectivity index (χ1v) is 8.35. The standard InChI is InChI=1S/C4H9O.4O.Os/c1-4(2,3)5;;;;;/h5H,1H2,2-3H3;;;;;. The molecule has 0 saturated heterocycles. The van der Waals surface area contributed by atoms with Gasteiger partial charge in [0.05, 0.1) is 0 Å². The molecule has 5 nitrogen and oxygen atoms in total. The summed E-state index contributed by atoms with van der Waals surface area (Å²) in [5, 5.41) is 8.77. The second kappa shape index (κ2) is 1.90. The van der Waals surface area contributed by atoms with Crippen LogP contribution in [0.5, 0.6) is 0 Å². The molecule has 0 radical (unpaired) electrons. The van der Waals surface area contributed by atoms with E-state index in [0.29, 0.717) is 0 Å². The van der Waals surface area contributed by atoms with Crippen molar-refractivity contribution in [2.24, 2.45) is 0 Å². The van der Waals surface area contributed by atoms with E-state index in [-0.39, 0.29) is 0 Å². The Morgan fingerprint density at radius 2 is 1.50 bits per heavy atom. The van der Waals surface area contributed by atoms with Gasteiger partial charge in [-0.05, 0) is 0 Å². The number of hydrogen-bond acceptors (Lipinski definition) is 5. The molecule has 0 aromatic carbocycles. The monoisotopic (exact) mass is 329 g/mol. The summed E-state index contributed by atoms with van der Waals surface area (Å²) in [7, 11) is 0. The second-order valence-corrected chi connectivity index (χ2v) is 9.07. The molecule has 0 unspecified atom stereocenters. The molecule has 0 heterocycles. The van der Waals surface area contributed by atoms with Crippen molar-refractivity contribution in [3.8, 4) is 0 Å². The molecular weight excluding hydrogens is 318 g/mol. The Morgan fingerprint density at radius 1 is 1.20 bits per heavy atom. The average Bonchev–Trinajstić information content (AvgIpc) is 1.09. The zero-order chi connectivity index (χ0) is 8.65. The molecule has 0 rings (SSSR count). The molecule has 0 fully saturated rings. The van der Waals surface area contributed by atoms with Crippen LogP contribution >= 0.6 is 0 Å². The van der Waals surface area contributed by atoms with Crippen molar-refractivity contribution in [3.05, 3.63) is 0 Å². The van der Waals surface area contributed by atoms with Crippen molar-refractivity contribution in [1.82, 2.24) is 0 Å². The molecule has 0 aliphatic carbocycles. The molecule has 0 atom stereocenters. The van der Waals surface area contributed by atoms with Crippen LogP contribution in [0.3, 0.4) is 0 Å². The number of hydrogen-bond donors (Lipinski definition) is 1. The van der Waals surface area contributed by atoms with Gasteiger partial charge in [-0.15, -0.1) is 0 Å². The van der Waals surface area contributed by atoms with E-state index in [1.165, 1.54) is 0 Å². The van der Waals surface area contributed by atoms with Crippen LogP contribution in [0.2, 0.25) is 4.98 Å². The van der Waals surface area contributed by atoms with Gasteiger partial charge in [0.25, 0.3) is 0 Å². The molecule has 63 valence electrons. The zero-order valence-corrected chi connectivity index (χ0v) is 8.18. The van der Waals surface area contributed by atoms with E-state index in [1.807, 2.05) is 0 Å². The molecule has 0 spiro atoms. The van der Waals surface area contributed by atoms with Gasteiger partial charge in [-0.1, -0.05) is 0 Å². The Labute approximate surface area is 57.9 Å². The van der Waals surface area contributed by atoms with E-state index in [1.54, 1.807) is 0 Å². The van der Waals surface area contributed by atoms with Crippen LogP contribution in [0.25, 0.3) is 0 Å². The third-order valence-corrected chi connectivity index (χ3v) is 4.17. The van der Waals surface area contributed by atoms with Gasteiger partial charge in [0.1, 0.15) is 0 Å². The summed E-state index contributed by atoms with van der Waals surface area (Å²) in [6.45, 7) is 2.20. The summed E-state index contributed by atoms with van der Waals surface area (Å²) in [6.07, 6.45) is 0. The maximum absolute atomic E-state index is 10.1. The van der Waals surface area contributed by atoms with Gasteiger partial charge in [0, 0.05) is 0 Å². The minimum atomic E-state index is -7.18. The van der Waals surface area contributed by atoms with E-state index in [4.69, 9.17) is 5.11 Å². The van der Waals surface area contributed by atoms with Crippen molar-refractivity contribution in [1.29, 1.82) is 0 Å². The van der Waals surface area contributed by atoms with E-state index < -0.39 is 24.2 Å².